The van der Waals surface area contributed by atoms with E-state index in [2.05, 4.69) is 22.3 Å². The quantitative estimate of drug-likeness (QED) is 0.537. The van der Waals surface area contributed by atoms with Gasteiger partial charge in [0.15, 0.2) is 0 Å². The number of esters is 1. The van der Waals surface area contributed by atoms with Gasteiger partial charge in [0.2, 0.25) is 0 Å². The number of hydrogen-bond acceptors (Lipinski definition) is 5. The zero-order chi connectivity index (χ0) is 20.9. The maximum atomic E-state index is 12.9. The van der Waals surface area contributed by atoms with Gasteiger partial charge in [-0.25, -0.2) is 4.79 Å². The maximum Gasteiger partial charge on any atom is 0.335 e. The minimum atomic E-state index is -0.785. The third-order valence-electron chi connectivity index (χ3n) is 5.62. The van der Waals surface area contributed by atoms with E-state index in [1.807, 2.05) is 32.0 Å². The highest BCUT2D eigenvalue weighted by Gasteiger charge is 2.50. The number of carbonyl (C=O) groups is 2. The van der Waals surface area contributed by atoms with Gasteiger partial charge in [-0.05, 0) is 32.8 Å². The van der Waals surface area contributed by atoms with Gasteiger partial charge in [-0.15, -0.1) is 0 Å². The van der Waals surface area contributed by atoms with Gasteiger partial charge in [0.25, 0.3) is 5.91 Å². The van der Waals surface area contributed by atoms with Gasteiger partial charge in [0.1, 0.15) is 5.60 Å². The van der Waals surface area contributed by atoms with Crippen molar-refractivity contribution in [1.82, 2.24) is 10.2 Å². The van der Waals surface area contributed by atoms with Crippen LogP contribution in [0.25, 0.3) is 0 Å². The average Bonchev–Trinajstić information content (AvgIpc) is 2.94. The van der Waals surface area contributed by atoms with Gasteiger partial charge in [-0.1, -0.05) is 30.3 Å². The zero-order valence-corrected chi connectivity index (χ0v) is 17.7. The lowest BCUT2D eigenvalue weighted by molar-refractivity contribution is -0.151. The van der Waals surface area contributed by atoms with Gasteiger partial charge < -0.3 is 14.8 Å². The zero-order valence-electron chi connectivity index (χ0n) is 17.7. The van der Waals surface area contributed by atoms with Crippen molar-refractivity contribution in [1.29, 1.82) is 0 Å². The summed E-state index contributed by atoms with van der Waals surface area (Å²) in [5, 5.41) is 2.95. The first kappa shape index (κ1) is 21.5. The van der Waals surface area contributed by atoms with E-state index in [0.717, 1.165) is 26.1 Å². The number of nitrogens with zero attached hydrogens (tertiary/aromatic N) is 1. The van der Waals surface area contributed by atoms with E-state index < -0.39 is 5.60 Å². The Bertz CT molecular complexity index is 749. The fourth-order valence-electron chi connectivity index (χ4n) is 4.07. The van der Waals surface area contributed by atoms with Gasteiger partial charge in [-0.3, -0.25) is 9.69 Å². The van der Waals surface area contributed by atoms with Crippen LogP contribution in [0.3, 0.4) is 0 Å². The van der Waals surface area contributed by atoms with Crippen LogP contribution in [-0.4, -0.2) is 54.7 Å². The summed E-state index contributed by atoms with van der Waals surface area (Å²) in [7, 11) is 0. The average molecular weight is 401 g/mol. The smallest absolute Gasteiger partial charge is 0.335 e. The minimum absolute atomic E-state index is 0.181. The molecule has 1 aromatic rings. The summed E-state index contributed by atoms with van der Waals surface area (Å²) in [4.78, 5) is 27.5. The summed E-state index contributed by atoms with van der Waals surface area (Å²) >= 11 is 0. The molecule has 158 valence electrons. The molecule has 2 aliphatic rings. The Kier molecular flexibility index (Phi) is 7.09. The molecule has 6 heteroatoms. The lowest BCUT2D eigenvalue weighted by Crippen LogP contribution is -2.48. The molecule has 0 bridgehead atoms. The third-order valence-corrected chi connectivity index (χ3v) is 5.62. The number of hydrogen-bond donors (Lipinski definition) is 1. The molecule has 1 amide bonds. The third kappa shape index (κ3) is 5.25. The Morgan fingerprint density at radius 2 is 1.93 bits per heavy atom. The number of nitrogens with one attached hydrogen (secondary N) is 1. The molecule has 29 heavy (non-hydrogen) atoms. The van der Waals surface area contributed by atoms with Crippen molar-refractivity contribution in [2.75, 3.05) is 26.2 Å². The number of rotatable bonds is 8. The second-order valence-electron chi connectivity index (χ2n) is 8.17. The van der Waals surface area contributed by atoms with Crippen LogP contribution in [0.5, 0.6) is 0 Å². The van der Waals surface area contributed by atoms with Gasteiger partial charge in [0, 0.05) is 51.2 Å². The summed E-state index contributed by atoms with van der Waals surface area (Å²) in [6, 6.07) is 10.3. The molecule has 0 unspecified atom stereocenters. The molecule has 0 radical (unpaired) electrons. The molecule has 0 atom stereocenters. The van der Waals surface area contributed by atoms with E-state index in [-0.39, 0.29) is 18.0 Å². The van der Waals surface area contributed by atoms with Crippen LogP contribution in [0.4, 0.5) is 0 Å². The predicted molar refractivity (Wildman–Crippen MR) is 111 cm³/mol. The van der Waals surface area contributed by atoms with Crippen LogP contribution in [0.2, 0.25) is 0 Å². The maximum absolute atomic E-state index is 12.9. The normalized spacial score (nSPS) is 19.1. The molecule has 0 aromatic heterocycles. The minimum Gasteiger partial charge on any atom is -0.450 e. The number of likely N-dealkylation sites (tertiary alicyclic amines) is 1. The molecule has 2 heterocycles. The fourth-order valence-corrected chi connectivity index (χ4v) is 4.07. The van der Waals surface area contributed by atoms with Crippen LogP contribution in [-0.2, 0) is 25.6 Å². The van der Waals surface area contributed by atoms with Crippen molar-refractivity contribution in [3.8, 4) is 0 Å². The van der Waals surface area contributed by atoms with Crippen LogP contribution in [0, 0.1) is 0 Å². The van der Waals surface area contributed by atoms with Crippen molar-refractivity contribution in [3.63, 3.8) is 0 Å². The van der Waals surface area contributed by atoms with Crippen molar-refractivity contribution >= 4 is 11.9 Å². The molecule has 1 N–H and O–H groups in total. The first-order chi connectivity index (χ1) is 13.9. The summed E-state index contributed by atoms with van der Waals surface area (Å²) < 4.78 is 11.3. The summed E-state index contributed by atoms with van der Waals surface area (Å²) in [5.74, 6) is -0.552. The first-order valence-electron chi connectivity index (χ1n) is 10.5. The number of ether oxygens (including phenoxy) is 2. The number of carbonyl (C=O) groups excluding carboxylic acids is 2. The Morgan fingerprint density at radius 1 is 1.24 bits per heavy atom. The van der Waals surface area contributed by atoms with Crippen molar-refractivity contribution in [2.24, 2.45) is 0 Å². The second-order valence-corrected chi connectivity index (χ2v) is 8.17. The molecule has 6 nitrogen and oxygen atoms in total. The Labute approximate surface area is 173 Å². The molecule has 3 rings (SSSR count). The monoisotopic (exact) mass is 400 g/mol. The molecule has 0 saturated carbocycles. The van der Waals surface area contributed by atoms with Gasteiger partial charge in [-0.2, -0.15) is 0 Å². The molecule has 1 saturated heterocycles. The predicted octanol–water partition coefficient (Wildman–Crippen LogP) is 2.83. The van der Waals surface area contributed by atoms with Gasteiger partial charge in [0.05, 0.1) is 11.7 Å². The standard InChI is InChI=1S/C23H32N2O4/c1-17(2)28-15-7-12-24-21(26)20-18(3)22(27)29-23(20)10-13-25(14-11-23)16-19-8-5-4-6-9-19/h4-6,8-9,17H,7,10-16H2,1-3H3,(H,24,26). The Balaban J connectivity index is 1.58. The van der Waals surface area contributed by atoms with E-state index >= 15 is 0 Å². The lowest BCUT2D eigenvalue weighted by Gasteiger charge is -2.39. The second kappa shape index (κ2) is 9.55. The summed E-state index contributed by atoms with van der Waals surface area (Å²) in [5.41, 5.74) is 1.44. The molecule has 1 fully saturated rings. The van der Waals surface area contributed by atoms with E-state index in [9.17, 15) is 9.59 Å². The van der Waals surface area contributed by atoms with E-state index in [4.69, 9.17) is 9.47 Å². The van der Waals surface area contributed by atoms with E-state index in [1.54, 1.807) is 6.92 Å². The van der Waals surface area contributed by atoms with Crippen LogP contribution < -0.4 is 5.32 Å². The Morgan fingerprint density at radius 3 is 2.59 bits per heavy atom. The molecular formula is C23H32N2O4. The molecule has 1 aromatic carbocycles. The summed E-state index contributed by atoms with van der Waals surface area (Å²) in [6.07, 6.45) is 2.20. The van der Waals surface area contributed by atoms with Crippen molar-refractivity contribution < 1.29 is 19.1 Å². The highest BCUT2D eigenvalue weighted by molar-refractivity contribution is 6.07. The topological polar surface area (TPSA) is 67.9 Å². The largest absolute Gasteiger partial charge is 0.450 e. The van der Waals surface area contributed by atoms with E-state index in [0.29, 0.717) is 37.1 Å². The molecule has 2 aliphatic heterocycles. The number of amides is 1. The summed E-state index contributed by atoms with van der Waals surface area (Å²) in [6.45, 7) is 9.24. The van der Waals surface area contributed by atoms with Crippen molar-refractivity contribution in [2.45, 2.75) is 58.3 Å². The van der Waals surface area contributed by atoms with Crippen LogP contribution >= 0.6 is 0 Å². The van der Waals surface area contributed by atoms with Gasteiger partial charge >= 0.3 is 5.97 Å². The molecular weight excluding hydrogens is 368 g/mol. The van der Waals surface area contributed by atoms with Crippen LogP contribution in [0.15, 0.2) is 41.5 Å². The number of piperidine rings is 1. The Hall–Kier alpha value is -2.18. The van der Waals surface area contributed by atoms with Crippen LogP contribution in [0.1, 0.15) is 45.6 Å². The number of benzene rings is 1. The lowest BCUT2D eigenvalue weighted by atomic mass is 9.82. The molecule has 0 aliphatic carbocycles. The highest BCUT2D eigenvalue weighted by atomic mass is 16.6. The van der Waals surface area contributed by atoms with Crippen molar-refractivity contribution in [3.05, 3.63) is 47.0 Å². The first-order valence-corrected chi connectivity index (χ1v) is 10.5. The molecule has 1 spiro atoms. The highest BCUT2D eigenvalue weighted by Crippen LogP contribution is 2.41. The van der Waals surface area contributed by atoms with E-state index in [1.165, 1.54) is 5.56 Å². The fraction of sp³-hybridized carbons (Fsp3) is 0.565. The SMILES string of the molecule is CC1=C(C(=O)NCCCOC(C)C)C2(CCN(Cc3ccccc3)CC2)OC1=O.